The molecule has 2 heterocycles. The topological polar surface area (TPSA) is 73.5 Å². The van der Waals surface area contributed by atoms with Gasteiger partial charge in [0.25, 0.3) is 0 Å². The van der Waals surface area contributed by atoms with Gasteiger partial charge in [0.15, 0.2) is 0 Å². The molecule has 1 atom stereocenters. The third-order valence-electron chi connectivity index (χ3n) is 4.70. The number of anilines is 2. The molecule has 2 aromatic carbocycles. The van der Waals surface area contributed by atoms with Gasteiger partial charge in [-0.2, -0.15) is 0 Å². The molecule has 3 N–H and O–H groups in total. The van der Waals surface area contributed by atoms with Crippen molar-refractivity contribution in [1.82, 2.24) is 10.6 Å². The lowest BCUT2D eigenvalue weighted by Gasteiger charge is -2.25. The van der Waals surface area contributed by atoms with Crippen molar-refractivity contribution in [1.29, 1.82) is 0 Å². The van der Waals surface area contributed by atoms with Crippen molar-refractivity contribution in [2.75, 3.05) is 23.3 Å². The van der Waals surface area contributed by atoms with Crippen LogP contribution >= 0.6 is 0 Å². The van der Waals surface area contributed by atoms with Crippen LogP contribution in [0.15, 0.2) is 48.5 Å². The van der Waals surface area contributed by atoms with Gasteiger partial charge in [0.1, 0.15) is 0 Å². The average Bonchev–Trinajstić information content (AvgIpc) is 3.08. The molecule has 1 saturated heterocycles. The molecule has 4 rings (SSSR count). The summed E-state index contributed by atoms with van der Waals surface area (Å²) >= 11 is 0. The molecule has 0 radical (unpaired) electrons. The number of fused-ring (bicyclic) bond motifs is 1. The van der Waals surface area contributed by atoms with Gasteiger partial charge in [0.05, 0.1) is 6.04 Å². The fourth-order valence-corrected chi connectivity index (χ4v) is 3.31. The SMILES string of the molecule is O=C(Nc1ccc(N2CCNC2=O)cc1)[C@H]1Cc2ccccc2CN1. The third-order valence-corrected chi connectivity index (χ3v) is 4.70. The van der Waals surface area contributed by atoms with Crippen LogP contribution in [0.2, 0.25) is 0 Å². The Morgan fingerprint density at radius 2 is 1.84 bits per heavy atom. The van der Waals surface area contributed by atoms with Crippen molar-refractivity contribution < 1.29 is 9.59 Å². The van der Waals surface area contributed by atoms with Crippen molar-refractivity contribution in [2.45, 2.75) is 19.0 Å². The van der Waals surface area contributed by atoms with E-state index in [-0.39, 0.29) is 18.0 Å². The van der Waals surface area contributed by atoms with Crippen molar-refractivity contribution in [3.8, 4) is 0 Å². The predicted octanol–water partition coefficient (Wildman–Crippen LogP) is 1.87. The standard InChI is InChI=1S/C19H20N4O2/c24-18(17-11-13-3-1-2-4-14(13)12-21-17)22-15-5-7-16(8-6-15)23-10-9-20-19(23)25/h1-8,17,21H,9-12H2,(H,20,25)(H,22,24)/t17-/m1/s1. The fourth-order valence-electron chi connectivity index (χ4n) is 3.31. The average molecular weight is 336 g/mol. The molecule has 6 nitrogen and oxygen atoms in total. The Hall–Kier alpha value is -2.86. The van der Waals surface area contributed by atoms with Gasteiger partial charge in [0.2, 0.25) is 5.91 Å². The van der Waals surface area contributed by atoms with Crippen molar-refractivity contribution in [2.24, 2.45) is 0 Å². The van der Waals surface area contributed by atoms with E-state index in [1.807, 2.05) is 36.4 Å². The van der Waals surface area contributed by atoms with Gasteiger partial charge < -0.3 is 16.0 Å². The summed E-state index contributed by atoms with van der Waals surface area (Å²) in [6.07, 6.45) is 0.689. The summed E-state index contributed by atoms with van der Waals surface area (Å²) in [5.41, 5.74) is 4.03. The van der Waals surface area contributed by atoms with E-state index in [0.717, 1.165) is 11.4 Å². The minimum absolute atomic E-state index is 0.0406. The summed E-state index contributed by atoms with van der Waals surface area (Å²) in [6.45, 7) is 2.03. The summed E-state index contributed by atoms with van der Waals surface area (Å²) in [4.78, 5) is 25.9. The van der Waals surface area contributed by atoms with E-state index in [9.17, 15) is 9.59 Å². The Balaban J connectivity index is 1.40. The maximum Gasteiger partial charge on any atom is 0.321 e. The van der Waals surface area contributed by atoms with Crippen LogP contribution < -0.4 is 20.9 Å². The summed E-state index contributed by atoms with van der Waals surface area (Å²) in [5, 5.41) is 9.01. The summed E-state index contributed by atoms with van der Waals surface area (Å²) < 4.78 is 0. The lowest BCUT2D eigenvalue weighted by atomic mass is 9.95. The second-order valence-electron chi connectivity index (χ2n) is 6.33. The molecule has 6 heteroatoms. The van der Waals surface area contributed by atoms with Crippen LogP contribution in [0.1, 0.15) is 11.1 Å². The van der Waals surface area contributed by atoms with Crippen LogP contribution in [0, 0.1) is 0 Å². The number of amides is 3. The number of rotatable bonds is 3. The smallest absolute Gasteiger partial charge is 0.321 e. The second kappa shape index (κ2) is 6.57. The predicted molar refractivity (Wildman–Crippen MR) is 96.6 cm³/mol. The van der Waals surface area contributed by atoms with E-state index in [1.165, 1.54) is 11.1 Å². The highest BCUT2D eigenvalue weighted by Gasteiger charge is 2.24. The number of nitrogens with one attached hydrogen (secondary N) is 3. The molecule has 0 saturated carbocycles. The van der Waals surface area contributed by atoms with E-state index < -0.39 is 0 Å². The van der Waals surface area contributed by atoms with Crippen LogP contribution in [-0.4, -0.2) is 31.1 Å². The quantitative estimate of drug-likeness (QED) is 0.801. The molecule has 25 heavy (non-hydrogen) atoms. The van der Waals surface area contributed by atoms with E-state index in [4.69, 9.17) is 0 Å². The molecule has 2 aliphatic heterocycles. The highest BCUT2D eigenvalue weighted by molar-refractivity contribution is 5.96. The number of urea groups is 1. The fraction of sp³-hybridized carbons (Fsp3) is 0.263. The highest BCUT2D eigenvalue weighted by Crippen LogP contribution is 2.21. The highest BCUT2D eigenvalue weighted by atomic mass is 16.2. The van der Waals surface area contributed by atoms with Gasteiger partial charge in [-0.05, 0) is 41.8 Å². The molecule has 0 bridgehead atoms. The van der Waals surface area contributed by atoms with E-state index in [2.05, 4.69) is 28.1 Å². The first-order valence-corrected chi connectivity index (χ1v) is 8.47. The Kier molecular flexibility index (Phi) is 4.11. The number of carbonyl (C=O) groups excluding carboxylic acids is 2. The lowest BCUT2D eigenvalue weighted by Crippen LogP contribution is -2.44. The van der Waals surface area contributed by atoms with Crippen LogP contribution in [0.25, 0.3) is 0 Å². The maximum absolute atomic E-state index is 12.5. The van der Waals surface area contributed by atoms with Crippen LogP contribution in [-0.2, 0) is 17.8 Å². The number of carbonyl (C=O) groups is 2. The van der Waals surface area contributed by atoms with Gasteiger partial charge in [-0.25, -0.2) is 4.79 Å². The number of hydrogen-bond acceptors (Lipinski definition) is 3. The van der Waals surface area contributed by atoms with Gasteiger partial charge in [-0.3, -0.25) is 9.69 Å². The summed E-state index contributed by atoms with van der Waals surface area (Å²) in [5.74, 6) is -0.0406. The van der Waals surface area contributed by atoms with Crippen LogP contribution in [0.3, 0.4) is 0 Å². The van der Waals surface area contributed by atoms with Crippen molar-refractivity contribution >= 4 is 23.3 Å². The summed E-state index contributed by atoms with van der Waals surface area (Å²) in [6, 6.07) is 15.2. The zero-order chi connectivity index (χ0) is 17.2. The first-order valence-electron chi connectivity index (χ1n) is 8.47. The van der Waals surface area contributed by atoms with Crippen LogP contribution in [0.4, 0.5) is 16.2 Å². The minimum atomic E-state index is -0.237. The molecule has 0 unspecified atom stereocenters. The Bertz CT molecular complexity index is 803. The monoisotopic (exact) mass is 336 g/mol. The molecular weight excluding hydrogens is 316 g/mol. The Morgan fingerprint density at radius 3 is 2.56 bits per heavy atom. The second-order valence-corrected chi connectivity index (χ2v) is 6.33. The zero-order valence-electron chi connectivity index (χ0n) is 13.8. The zero-order valence-corrected chi connectivity index (χ0v) is 13.8. The first kappa shape index (κ1) is 15.7. The molecule has 0 aliphatic carbocycles. The minimum Gasteiger partial charge on any atom is -0.336 e. The molecule has 0 spiro atoms. The number of benzene rings is 2. The molecule has 2 aromatic rings. The normalized spacial score (nSPS) is 19.3. The molecular formula is C19H20N4O2. The van der Waals surface area contributed by atoms with Gasteiger partial charge >= 0.3 is 6.03 Å². The Labute approximate surface area is 146 Å². The van der Waals surface area contributed by atoms with E-state index >= 15 is 0 Å². The number of nitrogens with zero attached hydrogens (tertiary/aromatic N) is 1. The van der Waals surface area contributed by atoms with E-state index in [1.54, 1.807) is 4.90 Å². The van der Waals surface area contributed by atoms with Gasteiger partial charge in [-0.1, -0.05) is 24.3 Å². The van der Waals surface area contributed by atoms with Crippen molar-refractivity contribution in [3.63, 3.8) is 0 Å². The lowest BCUT2D eigenvalue weighted by molar-refractivity contribution is -0.118. The maximum atomic E-state index is 12.5. The molecule has 2 aliphatic rings. The number of hydrogen-bond donors (Lipinski definition) is 3. The third kappa shape index (κ3) is 3.21. The first-order chi connectivity index (χ1) is 12.2. The van der Waals surface area contributed by atoms with Crippen LogP contribution in [0.5, 0.6) is 0 Å². The molecule has 0 aromatic heterocycles. The molecule has 128 valence electrons. The van der Waals surface area contributed by atoms with E-state index in [0.29, 0.717) is 26.1 Å². The molecule has 3 amide bonds. The molecule has 1 fully saturated rings. The largest absolute Gasteiger partial charge is 0.336 e. The van der Waals surface area contributed by atoms with Gasteiger partial charge in [0, 0.05) is 31.0 Å². The Morgan fingerprint density at radius 1 is 1.08 bits per heavy atom. The van der Waals surface area contributed by atoms with Gasteiger partial charge in [-0.15, -0.1) is 0 Å². The summed E-state index contributed by atoms with van der Waals surface area (Å²) in [7, 11) is 0. The van der Waals surface area contributed by atoms with Crippen molar-refractivity contribution in [3.05, 3.63) is 59.7 Å².